The lowest BCUT2D eigenvalue weighted by Crippen LogP contribution is -2.04. The minimum absolute atomic E-state index is 0.141. The number of carbonyl (C=O) groups excluding carboxylic acids is 1. The first-order chi connectivity index (χ1) is 7.54. The first-order valence-electron chi connectivity index (χ1n) is 4.71. The fourth-order valence-corrected chi connectivity index (χ4v) is 2.12. The van der Waals surface area contributed by atoms with E-state index >= 15 is 0 Å². The van der Waals surface area contributed by atoms with E-state index in [1.165, 1.54) is 31.0 Å². The second kappa shape index (κ2) is 5.86. The lowest BCUT2D eigenvalue weighted by molar-refractivity contribution is -0.137. The number of ether oxygens (including phenoxy) is 1. The van der Waals surface area contributed by atoms with Crippen molar-refractivity contribution in [1.82, 2.24) is 0 Å². The Balaban J connectivity index is 2.82. The van der Waals surface area contributed by atoms with Crippen LogP contribution in [0, 0.1) is 5.82 Å². The number of hydrogen-bond acceptors (Lipinski definition) is 4. The smallest absolute Gasteiger partial charge is 0.315 e. The molecule has 0 amide bonds. The minimum atomic E-state index is -0.768. The molecule has 1 rings (SSSR count). The molecule has 1 aromatic carbocycles. The van der Waals surface area contributed by atoms with Gasteiger partial charge in [0.1, 0.15) is 5.82 Å². The van der Waals surface area contributed by atoms with Crippen LogP contribution in [0.25, 0.3) is 0 Å². The molecular weight excluding hydrogens is 231 g/mol. The topological polar surface area (TPSA) is 46.5 Å². The number of benzene rings is 1. The summed E-state index contributed by atoms with van der Waals surface area (Å²) in [4.78, 5) is 11.6. The number of rotatable bonds is 4. The van der Waals surface area contributed by atoms with Gasteiger partial charge in [-0.1, -0.05) is 0 Å². The summed E-state index contributed by atoms with van der Waals surface area (Å²) in [6.07, 6.45) is -0.768. The molecule has 88 valence electrons. The fraction of sp³-hybridized carbons (Fsp3) is 0.364. The molecule has 1 aromatic rings. The van der Waals surface area contributed by atoms with E-state index in [-0.39, 0.29) is 11.7 Å². The summed E-state index contributed by atoms with van der Waals surface area (Å²) in [5, 5.41) is 9.46. The summed E-state index contributed by atoms with van der Waals surface area (Å²) < 4.78 is 17.5. The maximum absolute atomic E-state index is 13.0. The Bertz CT molecular complexity index is 379. The normalized spacial score (nSPS) is 12.2. The molecular formula is C11H13FO3S. The Kier molecular flexibility index (Phi) is 4.76. The standard InChI is InChI=1S/C11H13FO3S/c1-7(13)9-5-8(12)3-4-10(9)16-6-11(14)15-2/h3-5,7,13H,6H2,1-2H3/t7-/m1/s1. The zero-order chi connectivity index (χ0) is 12.1. The summed E-state index contributed by atoms with van der Waals surface area (Å²) in [7, 11) is 1.31. The maximum Gasteiger partial charge on any atom is 0.315 e. The number of esters is 1. The highest BCUT2D eigenvalue weighted by Gasteiger charge is 2.11. The van der Waals surface area contributed by atoms with Crippen molar-refractivity contribution in [2.24, 2.45) is 0 Å². The summed E-state index contributed by atoms with van der Waals surface area (Å²) in [6, 6.07) is 4.11. The van der Waals surface area contributed by atoms with Crippen LogP contribution in [0.5, 0.6) is 0 Å². The number of hydrogen-bond donors (Lipinski definition) is 1. The first kappa shape index (κ1) is 13.0. The Morgan fingerprint density at radius 2 is 2.31 bits per heavy atom. The van der Waals surface area contributed by atoms with Crippen molar-refractivity contribution in [3.05, 3.63) is 29.6 Å². The van der Waals surface area contributed by atoms with Gasteiger partial charge in [-0.05, 0) is 30.7 Å². The number of methoxy groups -OCH3 is 1. The molecule has 0 aliphatic carbocycles. The quantitative estimate of drug-likeness (QED) is 0.651. The predicted octanol–water partition coefficient (Wildman–Crippen LogP) is 2.14. The van der Waals surface area contributed by atoms with Crippen molar-refractivity contribution in [2.45, 2.75) is 17.9 Å². The van der Waals surface area contributed by atoms with Gasteiger partial charge in [0.25, 0.3) is 0 Å². The van der Waals surface area contributed by atoms with E-state index in [1.54, 1.807) is 13.0 Å². The molecule has 3 nitrogen and oxygen atoms in total. The SMILES string of the molecule is COC(=O)CSc1ccc(F)cc1[C@@H](C)O. The third-order valence-corrected chi connectivity index (χ3v) is 3.06. The van der Waals surface area contributed by atoms with Crippen molar-refractivity contribution in [3.8, 4) is 0 Å². The van der Waals surface area contributed by atoms with Crippen LogP contribution in [0.2, 0.25) is 0 Å². The summed E-state index contributed by atoms with van der Waals surface area (Å²) in [5.41, 5.74) is 0.480. The zero-order valence-corrected chi connectivity index (χ0v) is 9.88. The van der Waals surface area contributed by atoms with Gasteiger partial charge in [0.05, 0.1) is 19.0 Å². The van der Waals surface area contributed by atoms with Crippen molar-refractivity contribution >= 4 is 17.7 Å². The zero-order valence-electron chi connectivity index (χ0n) is 9.07. The first-order valence-corrected chi connectivity index (χ1v) is 5.70. The molecule has 0 aliphatic rings. The Morgan fingerprint density at radius 3 is 2.88 bits per heavy atom. The van der Waals surface area contributed by atoms with Crippen LogP contribution < -0.4 is 0 Å². The highest BCUT2D eigenvalue weighted by atomic mass is 32.2. The van der Waals surface area contributed by atoms with Crippen molar-refractivity contribution in [2.75, 3.05) is 12.9 Å². The average molecular weight is 244 g/mol. The van der Waals surface area contributed by atoms with E-state index in [1.807, 2.05) is 0 Å². The molecule has 0 saturated carbocycles. The number of halogens is 1. The third kappa shape index (κ3) is 3.50. The molecule has 0 radical (unpaired) electrons. The Hall–Kier alpha value is -1.07. The van der Waals surface area contributed by atoms with Crippen LogP contribution in [-0.4, -0.2) is 23.9 Å². The number of carbonyl (C=O) groups is 1. The van der Waals surface area contributed by atoms with Crippen LogP contribution >= 0.6 is 11.8 Å². The third-order valence-electron chi connectivity index (χ3n) is 2.00. The highest BCUT2D eigenvalue weighted by molar-refractivity contribution is 8.00. The monoisotopic (exact) mass is 244 g/mol. The van der Waals surface area contributed by atoms with Gasteiger partial charge in [-0.2, -0.15) is 0 Å². The lowest BCUT2D eigenvalue weighted by atomic mass is 10.1. The lowest BCUT2D eigenvalue weighted by Gasteiger charge is -2.11. The molecule has 16 heavy (non-hydrogen) atoms. The van der Waals surface area contributed by atoms with Gasteiger partial charge in [0, 0.05) is 4.90 Å². The van der Waals surface area contributed by atoms with Gasteiger partial charge >= 0.3 is 5.97 Å². The molecule has 5 heteroatoms. The van der Waals surface area contributed by atoms with Crippen LogP contribution in [0.15, 0.2) is 23.1 Å². The largest absolute Gasteiger partial charge is 0.468 e. The summed E-state index contributed by atoms with van der Waals surface area (Å²) in [6.45, 7) is 1.55. The van der Waals surface area contributed by atoms with Gasteiger partial charge < -0.3 is 9.84 Å². The van der Waals surface area contributed by atoms with Crippen molar-refractivity contribution in [3.63, 3.8) is 0 Å². The van der Waals surface area contributed by atoms with Gasteiger partial charge in [0.2, 0.25) is 0 Å². The van der Waals surface area contributed by atoms with Gasteiger partial charge in [-0.25, -0.2) is 4.39 Å². The van der Waals surface area contributed by atoms with Crippen LogP contribution in [0.3, 0.4) is 0 Å². The van der Waals surface area contributed by atoms with Crippen LogP contribution in [0.1, 0.15) is 18.6 Å². The second-order valence-electron chi connectivity index (χ2n) is 3.22. The van der Waals surface area contributed by atoms with E-state index in [4.69, 9.17) is 0 Å². The molecule has 0 aliphatic heterocycles. The maximum atomic E-state index is 13.0. The van der Waals surface area contributed by atoms with Crippen LogP contribution in [-0.2, 0) is 9.53 Å². The molecule has 0 heterocycles. The molecule has 0 bridgehead atoms. The van der Waals surface area contributed by atoms with Gasteiger partial charge in [0.15, 0.2) is 0 Å². The van der Waals surface area contributed by atoms with E-state index < -0.39 is 11.9 Å². The Morgan fingerprint density at radius 1 is 1.62 bits per heavy atom. The van der Waals surface area contributed by atoms with E-state index in [0.717, 1.165) is 0 Å². The fourth-order valence-electron chi connectivity index (χ4n) is 1.17. The summed E-state index contributed by atoms with van der Waals surface area (Å²) >= 11 is 1.22. The van der Waals surface area contributed by atoms with Crippen LogP contribution in [0.4, 0.5) is 4.39 Å². The number of aliphatic hydroxyl groups is 1. The van der Waals surface area contributed by atoms with E-state index in [9.17, 15) is 14.3 Å². The Labute approximate surface area is 97.6 Å². The van der Waals surface area contributed by atoms with Crippen molar-refractivity contribution in [1.29, 1.82) is 0 Å². The molecule has 1 atom stereocenters. The highest BCUT2D eigenvalue weighted by Crippen LogP contribution is 2.28. The molecule has 0 spiro atoms. The second-order valence-corrected chi connectivity index (χ2v) is 4.24. The minimum Gasteiger partial charge on any atom is -0.468 e. The predicted molar refractivity (Wildman–Crippen MR) is 59.8 cm³/mol. The van der Waals surface area contributed by atoms with Gasteiger partial charge in [-0.3, -0.25) is 4.79 Å². The molecule has 1 N–H and O–H groups in total. The number of aliphatic hydroxyl groups excluding tert-OH is 1. The molecule has 0 saturated heterocycles. The summed E-state index contributed by atoms with van der Waals surface area (Å²) in [5.74, 6) is -0.619. The molecule has 0 aromatic heterocycles. The van der Waals surface area contributed by atoms with E-state index in [0.29, 0.717) is 10.5 Å². The molecule has 0 fully saturated rings. The van der Waals surface area contributed by atoms with E-state index in [2.05, 4.69) is 4.74 Å². The average Bonchev–Trinajstić information content (AvgIpc) is 2.26. The molecule has 0 unspecified atom stereocenters. The van der Waals surface area contributed by atoms with Gasteiger partial charge in [-0.15, -0.1) is 11.8 Å². The number of thioether (sulfide) groups is 1. The van der Waals surface area contributed by atoms with Crippen molar-refractivity contribution < 1.29 is 19.0 Å².